The molecule has 4 aromatic rings. The van der Waals surface area contributed by atoms with Gasteiger partial charge in [-0.15, -0.1) is 6.58 Å². The van der Waals surface area contributed by atoms with Gasteiger partial charge in [0.2, 0.25) is 0 Å². The molecule has 36 heavy (non-hydrogen) atoms. The van der Waals surface area contributed by atoms with Crippen LogP contribution in [0.25, 0.3) is 0 Å². The van der Waals surface area contributed by atoms with E-state index in [2.05, 4.69) is 108 Å². The maximum absolute atomic E-state index is 6.10. The van der Waals surface area contributed by atoms with Crippen molar-refractivity contribution in [3.8, 4) is 11.5 Å². The van der Waals surface area contributed by atoms with Gasteiger partial charge in [0.25, 0.3) is 0 Å². The maximum Gasteiger partial charge on any atom is 0.161 e. The van der Waals surface area contributed by atoms with Crippen LogP contribution in [0.2, 0.25) is 0 Å². The van der Waals surface area contributed by atoms with Gasteiger partial charge in [0.05, 0.1) is 0 Å². The summed E-state index contributed by atoms with van der Waals surface area (Å²) >= 11 is 0. The minimum Gasteiger partial charge on any atom is -0.473 e. The zero-order chi connectivity index (χ0) is 24.5. The van der Waals surface area contributed by atoms with Crippen LogP contribution >= 0.6 is 0 Å². The molecule has 4 aromatic carbocycles. The second-order valence-electron chi connectivity index (χ2n) is 9.67. The molecule has 6 rings (SSSR count). The largest absolute Gasteiger partial charge is 0.473 e. The molecule has 0 spiro atoms. The Balaban J connectivity index is 1.31. The summed E-state index contributed by atoms with van der Waals surface area (Å²) in [4.78, 5) is 4.51. The predicted molar refractivity (Wildman–Crippen MR) is 146 cm³/mol. The lowest BCUT2D eigenvalue weighted by molar-refractivity contribution is 0.289. The topological polar surface area (TPSA) is 24.9 Å². The molecular formula is C32H30N2O2. The Kier molecular flexibility index (Phi) is 5.65. The molecule has 0 saturated carbocycles. The van der Waals surface area contributed by atoms with Crippen LogP contribution < -0.4 is 19.3 Å². The van der Waals surface area contributed by atoms with Crippen LogP contribution in [-0.4, -0.2) is 13.5 Å². The van der Waals surface area contributed by atoms with E-state index in [9.17, 15) is 0 Å². The van der Waals surface area contributed by atoms with Crippen LogP contribution in [0.3, 0.4) is 0 Å². The molecular weight excluding hydrogens is 444 g/mol. The highest BCUT2D eigenvalue weighted by Gasteiger charge is 2.29. The monoisotopic (exact) mass is 474 g/mol. The molecule has 0 fully saturated rings. The Hall–Kier alpha value is -4.18. The molecule has 2 aliphatic heterocycles. The Morgan fingerprint density at radius 1 is 0.667 bits per heavy atom. The van der Waals surface area contributed by atoms with E-state index in [1.54, 1.807) is 0 Å². The fourth-order valence-electron chi connectivity index (χ4n) is 5.14. The zero-order valence-electron chi connectivity index (χ0n) is 20.6. The lowest BCUT2D eigenvalue weighted by atomic mass is 9.75. The van der Waals surface area contributed by atoms with Gasteiger partial charge in [0.15, 0.2) is 13.5 Å². The summed E-state index contributed by atoms with van der Waals surface area (Å²) in [5.41, 5.74) is 6.75. The Morgan fingerprint density at radius 2 is 1.11 bits per heavy atom. The van der Waals surface area contributed by atoms with Gasteiger partial charge >= 0.3 is 0 Å². The first-order chi connectivity index (χ1) is 17.6. The molecule has 2 aliphatic rings. The lowest BCUT2D eigenvalue weighted by Crippen LogP contribution is -2.33. The smallest absolute Gasteiger partial charge is 0.161 e. The normalized spacial score (nSPS) is 14.8. The molecule has 0 saturated heterocycles. The number of benzene rings is 4. The molecule has 0 aliphatic carbocycles. The number of hydrogen-bond donors (Lipinski definition) is 0. The number of ether oxygens (including phenoxy) is 2. The quantitative estimate of drug-likeness (QED) is 0.294. The molecule has 0 N–H and O–H groups in total. The third-order valence-corrected chi connectivity index (χ3v) is 7.45. The summed E-state index contributed by atoms with van der Waals surface area (Å²) in [7, 11) is 0. The standard InChI is InChI=1S/C32H30N2O2/c1-3-32(2,26-14-16-30-24(18-26)20-33(22-35-30)28-10-6-4-7-11-28)27-15-17-31-25(19-27)21-34(23-36-31)29-12-8-5-9-13-29/h3-19H,1,20-23H2,2H3. The summed E-state index contributed by atoms with van der Waals surface area (Å²) < 4.78 is 12.2. The summed E-state index contributed by atoms with van der Waals surface area (Å²) in [5.74, 6) is 1.91. The van der Waals surface area contributed by atoms with Crippen LogP contribution in [0.5, 0.6) is 11.5 Å². The third-order valence-electron chi connectivity index (χ3n) is 7.45. The first-order valence-electron chi connectivity index (χ1n) is 12.4. The first kappa shape index (κ1) is 22.3. The van der Waals surface area contributed by atoms with Crippen molar-refractivity contribution in [3.05, 3.63) is 132 Å². The van der Waals surface area contributed by atoms with Crippen LogP contribution in [-0.2, 0) is 18.5 Å². The highest BCUT2D eigenvalue weighted by atomic mass is 16.5. The van der Waals surface area contributed by atoms with Crippen molar-refractivity contribution in [1.29, 1.82) is 0 Å². The van der Waals surface area contributed by atoms with E-state index in [-0.39, 0.29) is 5.41 Å². The van der Waals surface area contributed by atoms with Gasteiger partial charge in [0, 0.05) is 41.0 Å². The SMILES string of the molecule is C=CC(C)(c1ccc2c(c1)CN(c1ccccc1)CO2)c1ccc2c(c1)CN(c1ccccc1)CO2. The minimum atomic E-state index is -0.353. The molecule has 0 bridgehead atoms. The van der Waals surface area contributed by atoms with Crippen molar-refractivity contribution in [2.75, 3.05) is 23.3 Å². The molecule has 4 heteroatoms. The van der Waals surface area contributed by atoms with Gasteiger partial charge in [-0.05, 0) is 66.6 Å². The number of anilines is 2. The van der Waals surface area contributed by atoms with E-state index < -0.39 is 0 Å². The van der Waals surface area contributed by atoms with E-state index in [4.69, 9.17) is 9.47 Å². The minimum absolute atomic E-state index is 0.353. The first-order valence-corrected chi connectivity index (χ1v) is 12.4. The second-order valence-corrected chi connectivity index (χ2v) is 9.67. The highest BCUT2D eigenvalue weighted by Crippen LogP contribution is 2.40. The van der Waals surface area contributed by atoms with Crippen LogP contribution in [0.4, 0.5) is 11.4 Å². The lowest BCUT2D eigenvalue weighted by Gasteiger charge is -2.34. The van der Waals surface area contributed by atoms with E-state index in [0.717, 1.165) is 36.0 Å². The molecule has 0 atom stereocenters. The van der Waals surface area contributed by atoms with Gasteiger partial charge in [-0.2, -0.15) is 0 Å². The van der Waals surface area contributed by atoms with Crippen LogP contribution in [0, 0.1) is 0 Å². The molecule has 0 unspecified atom stereocenters. The number of rotatable bonds is 5. The van der Waals surface area contributed by atoms with E-state index in [0.29, 0.717) is 13.5 Å². The zero-order valence-corrected chi connectivity index (χ0v) is 20.6. The highest BCUT2D eigenvalue weighted by molar-refractivity contribution is 5.55. The van der Waals surface area contributed by atoms with Gasteiger partial charge in [-0.25, -0.2) is 0 Å². The maximum atomic E-state index is 6.10. The fraction of sp³-hybridized carbons (Fsp3) is 0.188. The third kappa shape index (κ3) is 3.99. The molecule has 0 amide bonds. The van der Waals surface area contributed by atoms with Crippen molar-refractivity contribution in [2.45, 2.75) is 25.4 Å². The fourth-order valence-corrected chi connectivity index (χ4v) is 5.14. The van der Waals surface area contributed by atoms with E-state index in [1.165, 1.54) is 22.3 Å². The number of nitrogens with zero attached hydrogens (tertiary/aromatic N) is 2. The van der Waals surface area contributed by atoms with Crippen molar-refractivity contribution >= 4 is 11.4 Å². The van der Waals surface area contributed by atoms with Gasteiger partial charge in [0.1, 0.15) is 11.5 Å². The Labute approximate surface area is 213 Å². The molecule has 2 heterocycles. The molecule has 180 valence electrons. The number of allylic oxidation sites excluding steroid dienone is 1. The van der Waals surface area contributed by atoms with Crippen molar-refractivity contribution in [2.24, 2.45) is 0 Å². The van der Waals surface area contributed by atoms with Crippen molar-refractivity contribution in [3.63, 3.8) is 0 Å². The number of hydrogen-bond acceptors (Lipinski definition) is 4. The van der Waals surface area contributed by atoms with E-state index in [1.807, 2.05) is 18.2 Å². The van der Waals surface area contributed by atoms with Crippen molar-refractivity contribution in [1.82, 2.24) is 0 Å². The number of fused-ring (bicyclic) bond motifs is 2. The second kappa shape index (κ2) is 9.12. The Bertz CT molecular complexity index is 1280. The summed E-state index contributed by atoms with van der Waals surface area (Å²) in [6.45, 7) is 9.22. The summed E-state index contributed by atoms with van der Waals surface area (Å²) in [5, 5.41) is 0. The van der Waals surface area contributed by atoms with Crippen molar-refractivity contribution < 1.29 is 9.47 Å². The average molecular weight is 475 g/mol. The molecule has 0 radical (unpaired) electrons. The van der Waals surface area contributed by atoms with E-state index >= 15 is 0 Å². The molecule has 4 nitrogen and oxygen atoms in total. The van der Waals surface area contributed by atoms with Gasteiger partial charge in [-0.1, -0.05) is 54.6 Å². The van der Waals surface area contributed by atoms with Gasteiger partial charge in [-0.3, -0.25) is 0 Å². The predicted octanol–water partition coefficient (Wildman–Crippen LogP) is 6.89. The van der Waals surface area contributed by atoms with Crippen LogP contribution in [0.15, 0.2) is 110 Å². The van der Waals surface area contributed by atoms with Crippen LogP contribution in [0.1, 0.15) is 29.2 Å². The average Bonchev–Trinajstić information content (AvgIpc) is 2.96. The van der Waals surface area contributed by atoms with Gasteiger partial charge < -0.3 is 19.3 Å². The Morgan fingerprint density at radius 3 is 1.53 bits per heavy atom. The number of para-hydroxylation sites is 2. The summed E-state index contributed by atoms with van der Waals surface area (Å²) in [6, 6.07) is 33.9. The summed E-state index contributed by atoms with van der Waals surface area (Å²) in [6.07, 6.45) is 2.05. The molecule has 0 aromatic heterocycles.